The van der Waals surface area contributed by atoms with E-state index < -0.39 is 23.6 Å². The number of hydrogen-bond acceptors (Lipinski definition) is 4. The standard InChI is InChI=1S/C20H28N2O4/c1-13-11-16(23)22(17(13)18(24)21-20(2,3)4)15(19(25)26-5)12-14-9-7-6-8-10-14/h6-10,13,15,17H,11-12H2,1-5H3,(H,21,24)/t13-,15-,17+/m0/s1. The lowest BCUT2D eigenvalue weighted by Gasteiger charge is -2.34. The summed E-state index contributed by atoms with van der Waals surface area (Å²) in [7, 11) is 1.30. The van der Waals surface area contributed by atoms with Crippen molar-refractivity contribution >= 4 is 17.8 Å². The minimum Gasteiger partial charge on any atom is -0.467 e. The second kappa shape index (κ2) is 7.89. The number of carbonyl (C=O) groups excluding carboxylic acids is 3. The van der Waals surface area contributed by atoms with Crippen molar-refractivity contribution in [3.63, 3.8) is 0 Å². The van der Waals surface area contributed by atoms with E-state index in [0.29, 0.717) is 6.42 Å². The topological polar surface area (TPSA) is 75.7 Å². The number of carbonyl (C=O) groups is 3. The van der Waals surface area contributed by atoms with Crippen molar-refractivity contribution in [1.82, 2.24) is 10.2 Å². The zero-order valence-electron chi connectivity index (χ0n) is 16.1. The number of rotatable bonds is 5. The molecule has 0 saturated carbocycles. The molecule has 0 spiro atoms. The molecule has 142 valence electrons. The number of ether oxygens (including phenoxy) is 1. The average Bonchev–Trinajstić information content (AvgIpc) is 2.85. The lowest BCUT2D eigenvalue weighted by atomic mass is 9.98. The van der Waals surface area contributed by atoms with Crippen LogP contribution in [-0.4, -0.2) is 47.4 Å². The Bertz CT molecular complexity index is 666. The fourth-order valence-electron chi connectivity index (χ4n) is 3.39. The first-order valence-corrected chi connectivity index (χ1v) is 8.89. The Hall–Kier alpha value is -2.37. The van der Waals surface area contributed by atoms with Gasteiger partial charge in [-0.15, -0.1) is 0 Å². The molecule has 0 bridgehead atoms. The number of hydrogen-bond donors (Lipinski definition) is 1. The molecular weight excluding hydrogens is 332 g/mol. The highest BCUT2D eigenvalue weighted by Crippen LogP contribution is 2.29. The molecule has 6 nitrogen and oxygen atoms in total. The minimum absolute atomic E-state index is 0.173. The first-order valence-electron chi connectivity index (χ1n) is 8.89. The quantitative estimate of drug-likeness (QED) is 0.814. The van der Waals surface area contributed by atoms with Crippen molar-refractivity contribution in [3.05, 3.63) is 35.9 Å². The normalized spacial score (nSPS) is 21.4. The number of methoxy groups -OCH3 is 1. The van der Waals surface area contributed by atoms with Crippen molar-refractivity contribution in [1.29, 1.82) is 0 Å². The summed E-state index contributed by atoms with van der Waals surface area (Å²) in [5, 5.41) is 2.93. The van der Waals surface area contributed by atoms with Crippen LogP contribution in [0.3, 0.4) is 0 Å². The highest BCUT2D eigenvalue weighted by atomic mass is 16.5. The summed E-state index contributed by atoms with van der Waals surface area (Å²) in [5.74, 6) is -1.12. The number of esters is 1. The molecule has 0 aromatic heterocycles. The highest BCUT2D eigenvalue weighted by Gasteiger charge is 2.47. The summed E-state index contributed by atoms with van der Waals surface area (Å²) in [4.78, 5) is 39.4. The first-order chi connectivity index (χ1) is 12.1. The molecule has 2 amide bonds. The lowest BCUT2D eigenvalue weighted by molar-refractivity contribution is -0.154. The Morgan fingerprint density at radius 2 is 1.88 bits per heavy atom. The van der Waals surface area contributed by atoms with Crippen molar-refractivity contribution in [2.75, 3.05) is 7.11 Å². The summed E-state index contributed by atoms with van der Waals surface area (Å²) in [6, 6.07) is 7.92. The predicted molar refractivity (Wildman–Crippen MR) is 98.3 cm³/mol. The molecule has 1 saturated heterocycles. The number of amides is 2. The maximum atomic E-state index is 12.8. The zero-order chi connectivity index (χ0) is 19.5. The molecule has 3 atom stereocenters. The molecule has 1 N–H and O–H groups in total. The van der Waals surface area contributed by atoms with Gasteiger partial charge in [0.15, 0.2) is 0 Å². The Balaban J connectivity index is 2.34. The van der Waals surface area contributed by atoms with Gasteiger partial charge in [-0.1, -0.05) is 37.3 Å². The predicted octanol–water partition coefficient (Wildman–Crippen LogP) is 1.92. The Labute approximate surface area is 154 Å². The van der Waals surface area contributed by atoms with Crippen LogP contribution < -0.4 is 5.32 Å². The summed E-state index contributed by atoms with van der Waals surface area (Å²) >= 11 is 0. The zero-order valence-corrected chi connectivity index (χ0v) is 16.1. The van der Waals surface area contributed by atoms with Crippen LogP contribution >= 0.6 is 0 Å². The van der Waals surface area contributed by atoms with Crippen molar-refractivity contribution in [2.45, 2.75) is 58.2 Å². The van der Waals surface area contributed by atoms with E-state index in [4.69, 9.17) is 4.74 Å². The van der Waals surface area contributed by atoms with Gasteiger partial charge in [0.1, 0.15) is 12.1 Å². The molecule has 0 aliphatic carbocycles. The molecule has 1 aliphatic heterocycles. The molecule has 1 aromatic carbocycles. The number of benzene rings is 1. The van der Waals surface area contributed by atoms with Gasteiger partial charge in [-0.25, -0.2) is 4.79 Å². The van der Waals surface area contributed by atoms with Crippen LogP contribution in [0, 0.1) is 5.92 Å². The Morgan fingerprint density at radius 1 is 1.27 bits per heavy atom. The third kappa shape index (κ3) is 4.62. The summed E-state index contributed by atoms with van der Waals surface area (Å²) < 4.78 is 4.95. The fraction of sp³-hybridized carbons (Fsp3) is 0.550. The summed E-state index contributed by atoms with van der Waals surface area (Å²) in [5.41, 5.74) is 0.485. The summed E-state index contributed by atoms with van der Waals surface area (Å²) in [6.45, 7) is 7.52. The Morgan fingerprint density at radius 3 is 2.42 bits per heavy atom. The molecule has 0 unspecified atom stereocenters. The van der Waals surface area contributed by atoms with E-state index in [2.05, 4.69) is 5.32 Å². The fourth-order valence-corrected chi connectivity index (χ4v) is 3.39. The molecule has 6 heteroatoms. The molecular formula is C20H28N2O4. The molecule has 1 heterocycles. The first kappa shape index (κ1) is 19.9. The van der Waals surface area contributed by atoms with Crippen LogP contribution in [-0.2, 0) is 25.5 Å². The van der Waals surface area contributed by atoms with Gasteiger partial charge in [0.25, 0.3) is 0 Å². The van der Waals surface area contributed by atoms with E-state index in [1.807, 2.05) is 58.0 Å². The molecule has 2 rings (SSSR count). The smallest absolute Gasteiger partial charge is 0.328 e. The van der Waals surface area contributed by atoms with E-state index in [0.717, 1.165) is 5.56 Å². The van der Waals surface area contributed by atoms with E-state index in [9.17, 15) is 14.4 Å². The van der Waals surface area contributed by atoms with E-state index >= 15 is 0 Å². The van der Waals surface area contributed by atoms with Gasteiger partial charge in [-0.2, -0.15) is 0 Å². The monoisotopic (exact) mass is 360 g/mol. The van der Waals surface area contributed by atoms with Crippen LogP contribution in [0.15, 0.2) is 30.3 Å². The number of nitrogens with one attached hydrogen (secondary N) is 1. The van der Waals surface area contributed by atoms with Gasteiger partial charge in [0, 0.05) is 18.4 Å². The van der Waals surface area contributed by atoms with Gasteiger partial charge in [0.2, 0.25) is 11.8 Å². The molecule has 0 radical (unpaired) electrons. The van der Waals surface area contributed by atoms with Crippen molar-refractivity contribution in [2.24, 2.45) is 5.92 Å². The maximum Gasteiger partial charge on any atom is 0.328 e. The molecule has 26 heavy (non-hydrogen) atoms. The minimum atomic E-state index is -0.824. The van der Waals surface area contributed by atoms with E-state index in [1.165, 1.54) is 12.0 Å². The van der Waals surface area contributed by atoms with Gasteiger partial charge in [0.05, 0.1) is 7.11 Å². The van der Waals surface area contributed by atoms with Crippen molar-refractivity contribution < 1.29 is 19.1 Å². The van der Waals surface area contributed by atoms with Gasteiger partial charge < -0.3 is 15.0 Å². The molecule has 1 fully saturated rings. The van der Waals surface area contributed by atoms with Crippen LogP contribution in [0.4, 0.5) is 0 Å². The Kier molecular flexibility index (Phi) is 6.05. The second-order valence-corrected chi connectivity index (χ2v) is 7.90. The summed E-state index contributed by atoms with van der Waals surface area (Å²) in [6.07, 6.45) is 0.551. The maximum absolute atomic E-state index is 12.8. The van der Waals surface area contributed by atoms with Gasteiger partial charge in [-0.3, -0.25) is 9.59 Å². The average molecular weight is 360 g/mol. The number of nitrogens with zero attached hydrogens (tertiary/aromatic N) is 1. The van der Waals surface area contributed by atoms with Crippen molar-refractivity contribution in [3.8, 4) is 0 Å². The third-order valence-electron chi connectivity index (χ3n) is 4.47. The van der Waals surface area contributed by atoms with Crippen LogP contribution in [0.1, 0.15) is 39.7 Å². The third-order valence-corrected chi connectivity index (χ3v) is 4.47. The largest absolute Gasteiger partial charge is 0.467 e. The lowest BCUT2D eigenvalue weighted by Crippen LogP contribution is -2.57. The van der Waals surface area contributed by atoms with Gasteiger partial charge in [-0.05, 0) is 32.3 Å². The van der Waals surface area contributed by atoms with E-state index in [1.54, 1.807) is 0 Å². The van der Waals surface area contributed by atoms with Crippen LogP contribution in [0.2, 0.25) is 0 Å². The number of likely N-dealkylation sites (tertiary alicyclic amines) is 1. The van der Waals surface area contributed by atoms with Crippen LogP contribution in [0.25, 0.3) is 0 Å². The SMILES string of the molecule is COC(=O)[C@H](Cc1ccccc1)N1C(=O)C[C@H](C)[C@@H]1C(=O)NC(C)(C)C. The second-order valence-electron chi connectivity index (χ2n) is 7.90. The molecule has 1 aliphatic rings. The molecule has 1 aromatic rings. The highest BCUT2D eigenvalue weighted by molar-refractivity contribution is 5.94. The van der Waals surface area contributed by atoms with Gasteiger partial charge >= 0.3 is 5.97 Å². The van der Waals surface area contributed by atoms with Crippen LogP contribution in [0.5, 0.6) is 0 Å². The van der Waals surface area contributed by atoms with E-state index in [-0.39, 0.29) is 24.2 Å².